The molecule has 1 aliphatic rings. The zero-order chi connectivity index (χ0) is 22.1. The van der Waals surface area contributed by atoms with E-state index in [9.17, 15) is 4.79 Å². The highest BCUT2D eigenvalue weighted by atomic mass is 16.6. The fourth-order valence-corrected chi connectivity index (χ4v) is 3.10. The number of hydrogen-bond donors (Lipinski definition) is 2. The lowest BCUT2D eigenvalue weighted by molar-refractivity contribution is -0.00684. The number of morpholine rings is 1. The smallest absolute Gasteiger partial charge is 0.410 e. The SMILES string of the molecule is CCNC(=NCC(C)(C)N1CCOCC1)NCC(C)CN(C)C(=O)OC(C)(C)C. The minimum Gasteiger partial charge on any atom is -0.444 e. The van der Waals surface area contributed by atoms with Gasteiger partial charge in [0.25, 0.3) is 0 Å². The Kier molecular flexibility index (Phi) is 10.2. The molecule has 0 aromatic heterocycles. The van der Waals surface area contributed by atoms with E-state index in [1.165, 1.54) is 0 Å². The second-order valence-electron chi connectivity index (χ2n) is 9.45. The highest BCUT2D eigenvalue weighted by molar-refractivity contribution is 5.79. The van der Waals surface area contributed by atoms with Crippen molar-refractivity contribution in [2.24, 2.45) is 10.9 Å². The number of rotatable bonds is 8. The van der Waals surface area contributed by atoms with Gasteiger partial charge >= 0.3 is 6.09 Å². The molecule has 0 aliphatic carbocycles. The number of nitrogens with zero attached hydrogens (tertiary/aromatic N) is 3. The van der Waals surface area contributed by atoms with Crippen molar-refractivity contribution in [1.29, 1.82) is 0 Å². The van der Waals surface area contributed by atoms with Gasteiger partial charge in [0.1, 0.15) is 5.60 Å². The fourth-order valence-electron chi connectivity index (χ4n) is 3.10. The van der Waals surface area contributed by atoms with Crippen LogP contribution in [0.5, 0.6) is 0 Å². The second-order valence-corrected chi connectivity index (χ2v) is 9.45. The molecular formula is C21H43N5O3. The maximum Gasteiger partial charge on any atom is 0.410 e. The van der Waals surface area contributed by atoms with Gasteiger partial charge in [-0.25, -0.2) is 4.79 Å². The molecule has 0 radical (unpaired) electrons. The van der Waals surface area contributed by atoms with Gasteiger partial charge in [-0.15, -0.1) is 0 Å². The number of hydrogen-bond acceptors (Lipinski definition) is 5. The molecule has 1 fully saturated rings. The van der Waals surface area contributed by atoms with Crippen LogP contribution in [0.1, 0.15) is 48.5 Å². The first kappa shape index (κ1) is 25.5. The van der Waals surface area contributed by atoms with E-state index in [0.29, 0.717) is 13.1 Å². The van der Waals surface area contributed by atoms with Gasteiger partial charge in [-0.05, 0) is 47.5 Å². The fraction of sp³-hybridized carbons (Fsp3) is 0.905. The zero-order valence-electron chi connectivity index (χ0n) is 19.8. The standard InChI is InChI=1S/C21H43N5O3/c1-9-22-18(24-16-21(6,7)26-10-12-28-13-11-26)23-14-17(2)15-25(8)19(27)29-20(3,4)5/h17H,9-16H2,1-8H3,(H2,22,23,24). The van der Waals surface area contributed by atoms with Crippen LogP contribution in [0, 0.1) is 5.92 Å². The zero-order valence-corrected chi connectivity index (χ0v) is 19.8. The van der Waals surface area contributed by atoms with Gasteiger partial charge in [0.15, 0.2) is 5.96 Å². The van der Waals surface area contributed by atoms with Crippen LogP contribution < -0.4 is 10.6 Å². The Balaban J connectivity index is 2.53. The van der Waals surface area contributed by atoms with E-state index in [0.717, 1.165) is 45.4 Å². The molecule has 29 heavy (non-hydrogen) atoms. The first-order chi connectivity index (χ1) is 13.4. The van der Waals surface area contributed by atoms with E-state index in [1.807, 2.05) is 20.8 Å². The summed E-state index contributed by atoms with van der Waals surface area (Å²) in [4.78, 5) is 21.0. The third-order valence-electron chi connectivity index (χ3n) is 4.74. The van der Waals surface area contributed by atoms with E-state index in [2.05, 4.69) is 43.2 Å². The summed E-state index contributed by atoms with van der Waals surface area (Å²) in [7, 11) is 1.77. The minimum absolute atomic E-state index is 0.0192. The van der Waals surface area contributed by atoms with Gasteiger partial charge in [0, 0.05) is 45.3 Å². The molecule has 8 heteroatoms. The number of carbonyl (C=O) groups excluding carboxylic acids is 1. The minimum atomic E-state index is -0.481. The average Bonchev–Trinajstić information content (AvgIpc) is 2.63. The van der Waals surface area contributed by atoms with Gasteiger partial charge in [0.2, 0.25) is 0 Å². The highest BCUT2D eigenvalue weighted by Gasteiger charge is 2.28. The van der Waals surface area contributed by atoms with Crippen molar-refractivity contribution in [2.45, 2.75) is 59.6 Å². The lowest BCUT2D eigenvalue weighted by atomic mass is 10.0. The molecular weight excluding hydrogens is 370 g/mol. The molecule has 0 aromatic rings. The molecule has 8 nitrogen and oxygen atoms in total. The average molecular weight is 414 g/mol. The summed E-state index contributed by atoms with van der Waals surface area (Å²) in [6.07, 6.45) is -0.294. The van der Waals surface area contributed by atoms with Crippen LogP contribution >= 0.6 is 0 Å². The molecule has 1 rings (SSSR count). The van der Waals surface area contributed by atoms with Crippen molar-refractivity contribution >= 4 is 12.1 Å². The van der Waals surface area contributed by atoms with Crippen LogP contribution in [0.4, 0.5) is 4.79 Å². The van der Waals surface area contributed by atoms with Gasteiger partial charge in [0.05, 0.1) is 19.8 Å². The van der Waals surface area contributed by atoms with Gasteiger partial charge < -0.3 is 25.0 Å². The quantitative estimate of drug-likeness (QED) is 0.469. The summed E-state index contributed by atoms with van der Waals surface area (Å²) < 4.78 is 10.9. The summed E-state index contributed by atoms with van der Waals surface area (Å²) in [5.74, 6) is 1.06. The third kappa shape index (κ3) is 10.2. The Bertz CT molecular complexity index is 525. The summed E-state index contributed by atoms with van der Waals surface area (Å²) in [6.45, 7) is 20.5. The number of guanidine groups is 1. The Morgan fingerprint density at radius 1 is 1.21 bits per heavy atom. The maximum absolute atomic E-state index is 12.1. The van der Waals surface area contributed by atoms with Crippen LogP contribution in [0.3, 0.4) is 0 Å². The number of nitrogens with one attached hydrogen (secondary N) is 2. The van der Waals surface area contributed by atoms with E-state index in [4.69, 9.17) is 14.5 Å². The molecule has 1 aliphatic heterocycles. The Hall–Kier alpha value is -1.54. The molecule has 1 heterocycles. The van der Waals surface area contributed by atoms with Crippen molar-refractivity contribution < 1.29 is 14.3 Å². The van der Waals surface area contributed by atoms with Crippen molar-refractivity contribution in [3.63, 3.8) is 0 Å². The Morgan fingerprint density at radius 3 is 2.38 bits per heavy atom. The normalized spacial score (nSPS) is 17.6. The van der Waals surface area contributed by atoms with Crippen LogP contribution in [-0.2, 0) is 9.47 Å². The van der Waals surface area contributed by atoms with Crippen molar-refractivity contribution in [1.82, 2.24) is 20.4 Å². The second kappa shape index (κ2) is 11.6. The highest BCUT2D eigenvalue weighted by Crippen LogP contribution is 2.16. The number of amides is 1. The largest absolute Gasteiger partial charge is 0.444 e. The molecule has 0 bridgehead atoms. The van der Waals surface area contributed by atoms with E-state index >= 15 is 0 Å². The molecule has 0 saturated carbocycles. The van der Waals surface area contributed by atoms with Gasteiger partial charge in [-0.2, -0.15) is 0 Å². The van der Waals surface area contributed by atoms with E-state index < -0.39 is 5.60 Å². The molecule has 1 unspecified atom stereocenters. The Morgan fingerprint density at radius 2 is 1.83 bits per heavy atom. The lowest BCUT2D eigenvalue weighted by Crippen LogP contribution is -2.52. The molecule has 1 atom stereocenters. The van der Waals surface area contributed by atoms with Crippen LogP contribution in [0.2, 0.25) is 0 Å². The van der Waals surface area contributed by atoms with Crippen molar-refractivity contribution in [3.8, 4) is 0 Å². The lowest BCUT2D eigenvalue weighted by Gasteiger charge is -2.40. The number of ether oxygens (including phenoxy) is 2. The summed E-state index contributed by atoms with van der Waals surface area (Å²) in [5, 5.41) is 6.72. The van der Waals surface area contributed by atoms with Gasteiger partial charge in [-0.3, -0.25) is 9.89 Å². The predicted molar refractivity (Wildman–Crippen MR) is 118 cm³/mol. The first-order valence-corrected chi connectivity index (χ1v) is 10.7. The molecule has 1 saturated heterocycles. The topological polar surface area (TPSA) is 78.4 Å². The molecule has 0 spiro atoms. The monoisotopic (exact) mass is 413 g/mol. The number of carbonyl (C=O) groups is 1. The van der Waals surface area contributed by atoms with Gasteiger partial charge in [-0.1, -0.05) is 6.92 Å². The van der Waals surface area contributed by atoms with Crippen LogP contribution in [-0.4, -0.2) is 92.5 Å². The van der Waals surface area contributed by atoms with Crippen molar-refractivity contribution in [3.05, 3.63) is 0 Å². The van der Waals surface area contributed by atoms with E-state index in [1.54, 1.807) is 11.9 Å². The van der Waals surface area contributed by atoms with Crippen LogP contribution in [0.15, 0.2) is 4.99 Å². The Labute approximate surface area is 177 Å². The molecule has 2 N–H and O–H groups in total. The molecule has 1 amide bonds. The molecule has 170 valence electrons. The van der Waals surface area contributed by atoms with Crippen LogP contribution in [0.25, 0.3) is 0 Å². The number of aliphatic imine (C=N–C) groups is 1. The molecule has 0 aromatic carbocycles. The summed E-state index contributed by atoms with van der Waals surface area (Å²) >= 11 is 0. The third-order valence-corrected chi connectivity index (χ3v) is 4.74. The maximum atomic E-state index is 12.1. The first-order valence-electron chi connectivity index (χ1n) is 10.7. The predicted octanol–water partition coefficient (Wildman–Crippen LogP) is 2.16. The van der Waals surface area contributed by atoms with Crippen molar-refractivity contribution in [2.75, 3.05) is 59.5 Å². The summed E-state index contributed by atoms with van der Waals surface area (Å²) in [6, 6.07) is 0. The van der Waals surface area contributed by atoms with E-state index in [-0.39, 0.29) is 17.6 Å². The summed E-state index contributed by atoms with van der Waals surface area (Å²) in [5.41, 5.74) is -0.500.